The molecule has 3 aromatic rings. The van der Waals surface area contributed by atoms with Gasteiger partial charge < -0.3 is 9.64 Å². The summed E-state index contributed by atoms with van der Waals surface area (Å²) in [5.74, 6) is 0.812. The van der Waals surface area contributed by atoms with E-state index in [1.807, 2.05) is 54.3 Å². The van der Waals surface area contributed by atoms with Gasteiger partial charge in [-0.2, -0.15) is 0 Å². The molecule has 0 saturated carbocycles. The molecule has 1 fully saturated rings. The molecule has 1 amide bonds. The second-order valence-corrected chi connectivity index (χ2v) is 7.73. The maximum Gasteiger partial charge on any atom is 0.261 e. The first kappa shape index (κ1) is 17.0. The van der Waals surface area contributed by atoms with Gasteiger partial charge in [-0.3, -0.25) is 4.79 Å². The van der Waals surface area contributed by atoms with Gasteiger partial charge in [0, 0.05) is 6.54 Å². The smallest absolute Gasteiger partial charge is 0.261 e. The summed E-state index contributed by atoms with van der Waals surface area (Å²) in [5, 5.41) is 1.04. The van der Waals surface area contributed by atoms with Crippen LogP contribution in [0.15, 0.2) is 48.5 Å². The lowest BCUT2D eigenvalue weighted by atomic mass is 10.0. The molecule has 0 spiro atoms. The average molecular weight is 366 g/mol. The topological polar surface area (TPSA) is 42.4 Å². The van der Waals surface area contributed by atoms with E-state index in [2.05, 4.69) is 6.07 Å². The summed E-state index contributed by atoms with van der Waals surface area (Å²) in [7, 11) is 0. The van der Waals surface area contributed by atoms with E-state index in [1.54, 1.807) is 11.3 Å². The first-order valence-electron chi connectivity index (χ1n) is 9.06. The van der Waals surface area contributed by atoms with E-state index >= 15 is 0 Å². The SMILES string of the molecule is Cc1ccccc1OCC(=O)N1CCCC[C@@H]1c1nc2ccccc2s1. The third-order valence-corrected chi connectivity index (χ3v) is 6.00. The fourth-order valence-corrected chi connectivity index (χ4v) is 4.58. The molecule has 1 aliphatic rings. The molecule has 5 heteroatoms. The number of hydrogen-bond donors (Lipinski definition) is 0. The van der Waals surface area contributed by atoms with Crippen LogP contribution in [0.4, 0.5) is 0 Å². The van der Waals surface area contributed by atoms with E-state index in [0.29, 0.717) is 0 Å². The number of amides is 1. The maximum absolute atomic E-state index is 12.9. The summed E-state index contributed by atoms with van der Waals surface area (Å²) in [6.07, 6.45) is 3.14. The van der Waals surface area contributed by atoms with Crippen molar-refractivity contribution in [3.8, 4) is 5.75 Å². The number of piperidine rings is 1. The Balaban J connectivity index is 1.51. The lowest BCUT2D eigenvalue weighted by molar-refractivity contribution is -0.137. The van der Waals surface area contributed by atoms with Crippen molar-refractivity contribution in [2.75, 3.05) is 13.2 Å². The van der Waals surface area contributed by atoms with Gasteiger partial charge in [-0.25, -0.2) is 4.98 Å². The Morgan fingerprint density at radius 3 is 2.85 bits per heavy atom. The minimum Gasteiger partial charge on any atom is -0.484 e. The van der Waals surface area contributed by atoms with Crippen molar-refractivity contribution in [1.29, 1.82) is 0 Å². The number of likely N-dealkylation sites (tertiary alicyclic amines) is 1. The van der Waals surface area contributed by atoms with Crippen molar-refractivity contribution in [2.45, 2.75) is 32.2 Å². The van der Waals surface area contributed by atoms with Gasteiger partial charge >= 0.3 is 0 Å². The standard InChI is InChI=1S/C21H22N2O2S/c1-15-8-2-4-11-18(15)25-14-20(24)23-13-7-6-10-17(23)21-22-16-9-3-5-12-19(16)26-21/h2-5,8-9,11-12,17H,6-7,10,13-14H2,1H3/t17-/m1/s1. The van der Waals surface area contributed by atoms with Gasteiger partial charge in [0.1, 0.15) is 10.8 Å². The van der Waals surface area contributed by atoms with Gasteiger partial charge in [0.2, 0.25) is 0 Å². The van der Waals surface area contributed by atoms with Crippen molar-refractivity contribution in [2.24, 2.45) is 0 Å². The fourth-order valence-electron chi connectivity index (χ4n) is 3.46. The first-order valence-corrected chi connectivity index (χ1v) is 9.87. The summed E-state index contributed by atoms with van der Waals surface area (Å²) in [6, 6.07) is 16.0. The molecule has 4 nitrogen and oxygen atoms in total. The predicted octanol–water partition coefficient (Wildman–Crippen LogP) is 4.74. The highest BCUT2D eigenvalue weighted by Gasteiger charge is 2.30. The van der Waals surface area contributed by atoms with Crippen molar-refractivity contribution in [1.82, 2.24) is 9.88 Å². The molecule has 1 aromatic heterocycles. The number of carbonyl (C=O) groups excluding carboxylic acids is 1. The Bertz CT molecular complexity index is 888. The van der Waals surface area contributed by atoms with Gasteiger partial charge in [-0.1, -0.05) is 30.3 Å². The first-order chi connectivity index (χ1) is 12.7. The largest absolute Gasteiger partial charge is 0.484 e. The Morgan fingerprint density at radius 2 is 2.00 bits per heavy atom. The van der Waals surface area contributed by atoms with Crippen LogP contribution in [0.3, 0.4) is 0 Å². The fraction of sp³-hybridized carbons (Fsp3) is 0.333. The summed E-state index contributed by atoms with van der Waals surface area (Å²) in [6.45, 7) is 2.84. The number of carbonyl (C=O) groups is 1. The molecule has 134 valence electrons. The Hall–Kier alpha value is -2.40. The number of aromatic nitrogens is 1. The minimum atomic E-state index is 0.0391. The average Bonchev–Trinajstić information content (AvgIpc) is 3.11. The van der Waals surface area contributed by atoms with Gasteiger partial charge in [0.05, 0.1) is 16.3 Å². The number of hydrogen-bond acceptors (Lipinski definition) is 4. The van der Waals surface area contributed by atoms with Crippen LogP contribution in [0.5, 0.6) is 5.75 Å². The molecule has 4 rings (SSSR count). The predicted molar refractivity (Wildman–Crippen MR) is 105 cm³/mol. The normalized spacial score (nSPS) is 17.4. The lowest BCUT2D eigenvalue weighted by Crippen LogP contribution is -2.41. The zero-order valence-electron chi connectivity index (χ0n) is 14.9. The molecule has 1 aliphatic heterocycles. The quantitative estimate of drug-likeness (QED) is 0.670. The Labute approximate surface area is 157 Å². The zero-order chi connectivity index (χ0) is 17.9. The molecule has 26 heavy (non-hydrogen) atoms. The van der Waals surface area contributed by atoms with E-state index in [0.717, 1.165) is 47.6 Å². The third-order valence-electron chi connectivity index (χ3n) is 4.86. The lowest BCUT2D eigenvalue weighted by Gasteiger charge is -2.34. The van der Waals surface area contributed by atoms with Gasteiger partial charge in [0.25, 0.3) is 5.91 Å². The molecule has 0 bridgehead atoms. The minimum absolute atomic E-state index is 0.0391. The van der Waals surface area contributed by atoms with Crippen LogP contribution >= 0.6 is 11.3 Å². The van der Waals surface area contributed by atoms with Gasteiger partial charge in [0.15, 0.2) is 6.61 Å². The number of thiazole rings is 1. The number of aryl methyl sites for hydroxylation is 1. The van der Waals surface area contributed by atoms with E-state index in [1.165, 1.54) is 4.70 Å². The summed E-state index contributed by atoms with van der Waals surface area (Å²) in [5.41, 5.74) is 2.06. The van der Waals surface area contributed by atoms with Gasteiger partial charge in [-0.05, 0) is 49.9 Å². The number of rotatable bonds is 4. The Kier molecular flexibility index (Phi) is 4.89. The molecule has 1 saturated heterocycles. The van der Waals surface area contributed by atoms with E-state index in [9.17, 15) is 4.79 Å². The van der Waals surface area contributed by atoms with Crippen LogP contribution in [0, 0.1) is 6.92 Å². The second kappa shape index (κ2) is 7.46. The van der Waals surface area contributed by atoms with Crippen LogP contribution in [0.2, 0.25) is 0 Å². The van der Waals surface area contributed by atoms with Crippen LogP contribution in [-0.2, 0) is 4.79 Å². The zero-order valence-corrected chi connectivity index (χ0v) is 15.7. The molecule has 1 atom stereocenters. The molecule has 0 aliphatic carbocycles. The van der Waals surface area contributed by atoms with Crippen molar-refractivity contribution < 1.29 is 9.53 Å². The third kappa shape index (κ3) is 3.44. The molecule has 0 radical (unpaired) electrons. The number of para-hydroxylation sites is 2. The van der Waals surface area contributed by atoms with Gasteiger partial charge in [-0.15, -0.1) is 11.3 Å². The molecule has 0 N–H and O–H groups in total. The number of benzene rings is 2. The van der Waals surface area contributed by atoms with Crippen LogP contribution < -0.4 is 4.74 Å². The molecule has 2 heterocycles. The maximum atomic E-state index is 12.9. The highest BCUT2D eigenvalue weighted by molar-refractivity contribution is 7.18. The van der Waals surface area contributed by atoms with Crippen LogP contribution in [0.1, 0.15) is 35.9 Å². The molecule has 2 aromatic carbocycles. The Morgan fingerprint density at radius 1 is 1.19 bits per heavy atom. The van der Waals surface area contributed by atoms with Crippen LogP contribution in [-0.4, -0.2) is 28.9 Å². The van der Waals surface area contributed by atoms with E-state index in [4.69, 9.17) is 9.72 Å². The van der Waals surface area contributed by atoms with Crippen LogP contribution in [0.25, 0.3) is 10.2 Å². The second-order valence-electron chi connectivity index (χ2n) is 6.67. The molecular formula is C21H22N2O2S. The summed E-state index contributed by atoms with van der Waals surface area (Å²) in [4.78, 5) is 19.6. The van der Waals surface area contributed by atoms with Crippen molar-refractivity contribution in [3.05, 3.63) is 59.1 Å². The number of ether oxygens (including phenoxy) is 1. The highest BCUT2D eigenvalue weighted by Crippen LogP contribution is 2.35. The molecular weight excluding hydrogens is 344 g/mol. The van der Waals surface area contributed by atoms with E-state index in [-0.39, 0.29) is 18.6 Å². The van der Waals surface area contributed by atoms with Crippen molar-refractivity contribution in [3.63, 3.8) is 0 Å². The monoisotopic (exact) mass is 366 g/mol. The number of fused-ring (bicyclic) bond motifs is 1. The van der Waals surface area contributed by atoms with Crippen molar-refractivity contribution >= 4 is 27.5 Å². The molecule has 0 unspecified atom stereocenters. The number of nitrogens with zero attached hydrogens (tertiary/aromatic N) is 2. The van der Waals surface area contributed by atoms with E-state index < -0.39 is 0 Å². The summed E-state index contributed by atoms with van der Waals surface area (Å²) < 4.78 is 6.96. The summed E-state index contributed by atoms with van der Waals surface area (Å²) >= 11 is 1.70. The highest BCUT2D eigenvalue weighted by atomic mass is 32.1.